The molecule has 2 amide bonds. The van der Waals surface area contributed by atoms with Crippen molar-refractivity contribution in [2.45, 2.75) is 11.8 Å². The molecule has 0 aliphatic carbocycles. The number of rotatable bonds is 4. The van der Waals surface area contributed by atoms with Crippen molar-refractivity contribution in [2.24, 2.45) is 0 Å². The first-order valence-corrected chi connectivity index (χ1v) is 8.74. The van der Waals surface area contributed by atoms with E-state index in [0.717, 1.165) is 21.7 Å². The van der Waals surface area contributed by atoms with Gasteiger partial charge in [-0.15, -0.1) is 11.8 Å². The molecule has 0 spiro atoms. The summed E-state index contributed by atoms with van der Waals surface area (Å²) in [5.74, 6) is 0.841. The molecule has 0 bridgehead atoms. The lowest BCUT2D eigenvalue weighted by Crippen LogP contribution is -2.19. The standard InChI is InChI=1S/C19H18N2O3S/c1-12-3-6-16(24-2)13(9-12)4-8-18(22)20-14-5-7-17-15(10-14)21-19(23)11-25-17/h3-10H,11H2,1-2H3,(H,20,22)(H,21,23)/b8-4+. The van der Waals surface area contributed by atoms with E-state index in [-0.39, 0.29) is 11.8 Å². The van der Waals surface area contributed by atoms with Crippen LogP contribution in [0, 0.1) is 6.92 Å². The number of thioether (sulfide) groups is 1. The molecule has 2 aromatic carbocycles. The topological polar surface area (TPSA) is 67.4 Å². The van der Waals surface area contributed by atoms with E-state index in [2.05, 4.69) is 10.6 Å². The van der Waals surface area contributed by atoms with E-state index in [1.54, 1.807) is 19.3 Å². The van der Waals surface area contributed by atoms with Gasteiger partial charge in [-0.1, -0.05) is 11.6 Å². The summed E-state index contributed by atoms with van der Waals surface area (Å²) in [6, 6.07) is 11.3. The van der Waals surface area contributed by atoms with Crippen molar-refractivity contribution < 1.29 is 14.3 Å². The predicted octanol–water partition coefficient (Wildman–Crippen LogP) is 3.70. The van der Waals surface area contributed by atoms with Gasteiger partial charge in [-0.05, 0) is 43.3 Å². The van der Waals surface area contributed by atoms with Gasteiger partial charge in [0, 0.05) is 22.2 Å². The van der Waals surface area contributed by atoms with Crippen LogP contribution >= 0.6 is 11.8 Å². The Bertz CT molecular complexity index is 862. The van der Waals surface area contributed by atoms with Gasteiger partial charge < -0.3 is 15.4 Å². The number of methoxy groups -OCH3 is 1. The zero-order valence-corrected chi connectivity index (χ0v) is 14.8. The first-order valence-electron chi connectivity index (χ1n) is 7.75. The molecule has 2 aromatic rings. The van der Waals surface area contributed by atoms with Gasteiger partial charge in [-0.3, -0.25) is 9.59 Å². The second-order valence-electron chi connectivity index (χ2n) is 5.62. The number of carbonyl (C=O) groups excluding carboxylic acids is 2. The second-order valence-corrected chi connectivity index (χ2v) is 6.63. The molecular weight excluding hydrogens is 336 g/mol. The van der Waals surface area contributed by atoms with Gasteiger partial charge in [-0.25, -0.2) is 0 Å². The smallest absolute Gasteiger partial charge is 0.248 e. The van der Waals surface area contributed by atoms with E-state index < -0.39 is 0 Å². The van der Waals surface area contributed by atoms with E-state index >= 15 is 0 Å². The predicted molar refractivity (Wildman–Crippen MR) is 101 cm³/mol. The van der Waals surface area contributed by atoms with E-state index in [1.165, 1.54) is 17.8 Å². The van der Waals surface area contributed by atoms with E-state index in [4.69, 9.17) is 4.74 Å². The van der Waals surface area contributed by atoms with Gasteiger partial charge in [0.2, 0.25) is 11.8 Å². The Morgan fingerprint density at radius 1 is 1.28 bits per heavy atom. The zero-order valence-electron chi connectivity index (χ0n) is 14.0. The van der Waals surface area contributed by atoms with Crippen LogP contribution in [0.2, 0.25) is 0 Å². The normalized spacial score (nSPS) is 13.3. The lowest BCUT2D eigenvalue weighted by Gasteiger charge is -2.17. The number of ether oxygens (including phenoxy) is 1. The Morgan fingerprint density at radius 3 is 2.92 bits per heavy atom. The zero-order chi connectivity index (χ0) is 17.8. The molecule has 0 saturated heterocycles. The van der Waals surface area contributed by atoms with Gasteiger partial charge >= 0.3 is 0 Å². The molecule has 1 aliphatic rings. The average Bonchev–Trinajstić information content (AvgIpc) is 2.59. The van der Waals surface area contributed by atoms with E-state index in [1.807, 2.05) is 37.3 Å². The maximum atomic E-state index is 12.2. The van der Waals surface area contributed by atoms with Gasteiger partial charge in [0.05, 0.1) is 18.6 Å². The molecule has 0 aromatic heterocycles. The number of carbonyl (C=O) groups is 2. The van der Waals surface area contributed by atoms with Crippen molar-refractivity contribution in [1.82, 2.24) is 0 Å². The molecule has 0 saturated carbocycles. The number of aryl methyl sites for hydroxylation is 1. The summed E-state index contributed by atoms with van der Waals surface area (Å²) < 4.78 is 5.30. The first kappa shape index (κ1) is 17.1. The Morgan fingerprint density at radius 2 is 2.12 bits per heavy atom. The second kappa shape index (κ2) is 7.44. The third kappa shape index (κ3) is 4.22. The minimum atomic E-state index is -0.252. The molecular formula is C19H18N2O3S. The minimum absolute atomic E-state index is 0.0348. The van der Waals surface area contributed by atoms with Crippen LogP contribution in [0.5, 0.6) is 5.75 Å². The largest absolute Gasteiger partial charge is 0.496 e. The molecule has 0 unspecified atom stereocenters. The van der Waals surface area contributed by atoms with Crippen molar-refractivity contribution in [2.75, 3.05) is 23.5 Å². The molecule has 6 heteroatoms. The van der Waals surface area contributed by atoms with Crippen molar-refractivity contribution in [3.05, 3.63) is 53.6 Å². The quantitative estimate of drug-likeness (QED) is 0.822. The molecule has 25 heavy (non-hydrogen) atoms. The molecule has 2 N–H and O–H groups in total. The van der Waals surface area contributed by atoms with Crippen LogP contribution in [-0.2, 0) is 9.59 Å². The third-order valence-electron chi connectivity index (χ3n) is 3.68. The van der Waals surface area contributed by atoms with Crippen molar-refractivity contribution in [3.8, 4) is 5.75 Å². The monoisotopic (exact) mass is 354 g/mol. The summed E-state index contributed by atoms with van der Waals surface area (Å²) in [6.45, 7) is 1.98. The number of benzene rings is 2. The van der Waals surface area contributed by atoms with Crippen molar-refractivity contribution >= 4 is 41.0 Å². The van der Waals surface area contributed by atoms with Crippen LogP contribution in [0.25, 0.3) is 6.08 Å². The summed E-state index contributed by atoms with van der Waals surface area (Å²) in [6.07, 6.45) is 3.18. The first-order chi connectivity index (χ1) is 12.0. The Kier molecular flexibility index (Phi) is 5.09. The molecule has 5 nitrogen and oxygen atoms in total. The lowest BCUT2D eigenvalue weighted by atomic mass is 10.1. The fraction of sp³-hybridized carbons (Fsp3) is 0.158. The fourth-order valence-electron chi connectivity index (χ4n) is 2.49. The highest BCUT2D eigenvalue weighted by molar-refractivity contribution is 8.00. The van der Waals surface area contributed by atoms with Crippen molar-refractivity contribution in [3.63, 3.8) is 0 Å². The van der Waals surface area contributed by atoms with Crippen LogP contribution < -0.4 is 15.4 Å². The Hall–Kier alpha value is -2.73. The summed E-state index contributed by atoms with van der Waals surface area (Å²) in [4.78, 5) is 24.6. The molecule has 0 radical (unpaired) electrons. The van der Waals surface area contributed by atoms with Gasteiger partial charge in [0.15, 0.2) is 0 Å². The maximum Gasteiger partial charge on any atom is 0.248 e. The highest BCUT2D eigenvalue weighted by Crippen LogP contribution is 2.33. The number of anilines is 2. The Labute approximate surface area is 150 Å². The summed E-state index contributed by atoms with van der Waals surface area (Å²) in [5, 5.41) is 5.61. The number of hydrogen-bond acceptors (Lipinski definition) is 4. The Balaban J connectivity index is 1.72. The third-order valence-corrected chi connectivity index (χ3v) is 4.75. The van der Waals surface area contributed by atoms with E-state index in [0.29, 0.717) is 17.2 Å². The summed E-state index contributed by atoms with van der Waals surface area (Å²) in [7, 11) is 1.60. The van der Waals surface area contributed by atoms with Crippen LogP contribution in [0.15, 0.2) is 47.4 Å². The summed E-state index contributed by atoms with van der Waals surface area (Å²) >= 11 is 1.48. The minimum Gasteiger partial charge on any atom is -0.496 e. The molecule has 0 atom stereocenters. The molecule has 1 aliphatic heterocycles. The van der Waals surface area contributed by atoms with Crippen LogP contribution in [0.1, 0.15) is 11.1 Å². The number of amides is 2. The number of nitrogens with one attached hydrogen (secondary N) is 2. The van der Waals surface area contributed by atoms with Crippen LogP contribution in [0.4, 0.5) is 11.4 Å². The number of fused-ring (bicyclic) bond motifs is 1. The fourth-order valence-corrected chi connectivity index (χ4v) is 3.28. The SMILES string of the molecule is COc1ccc(C)cc1/C=C/C(=O)Nc1ccc2c(c1)NC(=O)CS2. The molecule has 1 heterocycles. The maximum absolute atomic E-state index is 12.2. The molecule has 3 rings (SSSR count). The lowest BCUT2D eigenvalue weighted by molar-refractivity contribution is -0.114. The molecule has 128 valence electrons. The van der Waals surface area contributed by atoms with Gasteiger partial charge in [-0.2, -0.15) is 0 Å². The molecule has 0 fully saturated rings. The number of hydrogen-bond donors (Lipinski definition) is 2. The highest BCUT2D eigenvalue weighted by Gasteiger charge is 2.15. The van der Waals surface area contributed by atoms with Crippen molar-refractivity contribution in [1.29, 1.82) is 0 Å². The van der Waals surface area contributed by atoms with E-state index in [9.17, 15) is 9.59 Å². The highest BCUT2D eigenvalue weighted by atomic mass is 32.2. The van der Waals surface area contributed by atoms with Gasteiger partial charge in [0.1, 0.15) is 5.75 Å². The van der Waals surface area contributed by atoms with Crippen LogP contribution in [-0.4, -0.2) is 24.7 Å². The summed E-state index contributed by atoms with van der Waals surface area (Å²) in [5.41, 5.74) is 3.28. The average molecular weight is 354 g/mol. The van der Waals surface area contributed by atoms with Gasteiger partial charge in [0.25, 0.3) is 0 Å². The van der Waals surface area contributed by atoms with Crippen LogP contribution in [0.3, 0.4) is 0 Å².